The van der Waals surface area contributed by atoms with Gasteiger partial charge in [0.05, 0.1) is 26.4 Å². The van der Waals surface area contributed by atoms with Gasteiger partial charge in [0.25, 0.3) is 0 Å². The van der Waals surface area contributed by atoms with Crippen LogP contribution in [-0.2, 0) is 0 Å². The van der Waals surface area contributed by atoms with E-state index in [0.717, 1.165) is 210 Å². The Morgan fingerprint density at radius 2 is 0.522 bits per heavy atom. The predicted octanol–water partition coefficient (Wildman–Crippen LogP) is 23.8. The molecule has 90 heavy (non-hydrogen) atoms. The molecule has 6 nitrogen and oxygen atoms in total. The third-order valence-electron chi connectivity index (χ3n) is 17.8. The van der Waals surface area contributed by atoms with Crippen molar-refractivity contribution in [2.75, 3.05) is 26.4 Å². The maximum absolute atomic E-state index is 11.7. The Hall–Kier alpha value is -9.00. The number of unbranched alkanes of at least 4 members (excludes halogenated alkanes) is 12. The molecule has 11 rings (SSSR count). The minimum Gasteiger partial charge on any atom is -0.490 e. The van der Waals surface area contributed by atoms with Crippen LogP contribution in [0.3, 0.4) is 0 Å². The van der Waals surface area contributed by atoms with Gasteiger partial charge in [-0.25, -0.2) is 0 Å². The van der Waals surface area contributed by atoms with Gasteiger partial charge in [-0.05, 0) is 172 Å². The first-order valence-electron chi connectivity index (χ1n) is 33.4. The lowest BCUT2D eigenvalue weighted by Gasteiger charge is -2.23. The Morgan fingerprint density at radius 3 is 0.856 bits per heavy atom. The molecule has 0 fully saturated rings. The van der Waals surface area contributed by atoms with Crippen LogP contribution in [-0.4, -0.2) is 39.0 Å². The minimum atomic E-state index is 0.607. The topological polar surface area (TPSA) is 71.1 Å². The van der Waals surface area contributed by atoms with Crippen LogP contribution in [0.2, 0.25) is 0 Å². The number of aldehydes is 2. The van der Waals surface area contributed by atoms with E-state index >= 15 is 0 Å². The van der Waals surface area contributed by atoms with Crippen molar-refractivity contribution in [3.8, 4) is 89.8 Å². The number of carbonyl (C=O) groups is 2. The summed E-state index contributed by atoms with van der Waals surface area (Å²) in [6.45, 7) is 11.4. The maximum Gasteiger partial charge on any atom is 0.161 e. The highest BCUT2D eigenvalue weighted by Crippen LogP contribution is 2.52. The molecular formula is C84H86O6. The molecule has 0 heterocycles. The minimum absolute atomic E-state index is 0.607. The fourth-order valence-corrected chi connectivity index (χ4v) is 12.9. The number of ether oxygens (including phenoxy) is 4. The van der Waals surface area contributed by atoms with Gasteiger partial charge in [-0.15, -0.1) is 0 Å². The zero-order valence-electron chi connectivity index (χ0n) is 53.2. The van der Waals surface area contributed by atoms with Gasteiger partial charge in [0.15, 0.2) is 23.0 Å². The molecule has 0 radical (unpaired) electrons. The molecular weight excluding hydrogens is 1100 g/mol. The molecule has 11 aromatic rings. The summed E-state index contributed by atoms with van der Waals surface area (Å²) >= 11 is 0. The molecule has 6 heteroatoms. The summed E-state index contributed by atoms with van der Waals surface area (Å²) in [7, 11) is 0. The normalized spacial score (nSPS) is 11.4. The van der Waals surface area contributed by atoms with Crippen molar-refractivity contribution in [2.24, 2.45) is 0 Å². The first kappa shape index (κ1) is 62.6. The van der Waals surface area contributed by atoms with Gasteiger partial charge in [-0.1, -0.05) is 262 Å². The van der Waals surface area contributed by atoms with E-state index in [1.54, 1.807) is 0 Å². The summed E-state index contributed by atoms with van der Waals surface area (Å²) in [6.07, 6.45) is 19.5. The van der Waals surface area contributed by atoms with Crippen LogP contribution < -0.4 is 18.9 Å². The van der Waals surface area contributed by atoms with Crippen molar-refractivity contribution < 1.29 is 28.5 Å². The fourth-order valence-electron chi connectivity index (χ4n) is 12.9. The second-order valence-electron chi connectivity index (χ2n) is 24.1. The Labute approximate surface area is 533 Å². The Bertz CT molecular complexity index is 3930. The second-order valence-corrected chi connectivity index (χ2v) is 24.1. The van der Waals surface area contributed by atoms with E-state index in [1.165, 1.54) is 38.5 Å². The van der Waals surface area contributed by atoms with Crippen molar-refractivity contribution in [1.29, 1.82) is 0 Å². The van der Waals surface area contributed by atoms with Gasteiger partial charge in [0, 0.05) is 11.1 Å². The molecule has 0 atom stereocenters. The Morgan fingerprint density at radius 1 is 0.244 bits per heavy atom. The van der Waals surface area contributed by atoms with E-state index in [9.17, 15) is 9.59 Å². The van der Waals surface area contributed by atoms with E-state index in [0.29, 0.717) is 37.6 Å². The Balaban J connectivity index is 1.20. The third kappa shape index (κ3) is 14.4. The van der Waals surface area contributed by atoms with Crippen LogP contribution in [0.5, 0.6) is 23.0 Å². The van der Waals surface area contributed by atoms with Crippen LogP contribution in [0.25, 0.3) is 110 Å². The molecule has 0 saturated heterocycles. The third-order valence-corrected chi connectivity index (χ3v) is 17.8. The van der Waals surface area contributed by atoms with Crippen LogP contribution in [0, 0.1) is 0 Å². The van der Waals surface area contributed by atoms with Crippen LogP contribution >= 0.6 is 0 Å². The molecule has 0 unspecified atom stereocenters. The van der Waals surface area contributed by atoms with Crippen molar-refractivity contribution in [3.63, 3.8) is 0 Å². The summed E-state index contributed by atoms with van der Waals surface area (Å²) in [4.78, 5) is 23.5. The van der Waals surface area contributed by atoms with Crippen LogP contribution in [0.15, 0.2) is 194 Å². The van der Waals surface area contributed by atoms with Gasteiger partial charge < -0.3 is 18.9 Å². The number of benzene rings is 11. The van der Waals surface area contributed by atoms with Crippen LogP contribution in [0.1, 0.15) is 151 Å². The largest absolute Gasteiger partial charge is 0.490 e. The van der Waals surface area contributed by atoms with Gasteiger partial charge in [0.1, 0.15) is 12.6 Å². The summed E-state index contributed by atoms with van der Waals surface area (Å²) in [6, 6.07) is 69.5. The highest BCUT2D eigenvalue weighted by atomic mass is 16.5. The number of rotatable bonds is 32. The monoisotopic (exact) mass is 1190 g/mol. The molecule has 11 aromatic carbocycles. The van der Waals surface area contributed by atoms with E-state index in [2.05, 4.69) is 173 Å². The zero-order chi connectivity index (χ0) is 62.0. The molecule has 0 aliphatic heterocycles. The average Bonchev–Trinajstić information content (AvgIpc) is 0.741. The van der Waals surface area contributed by atoms with Crippen molar-refractivity contribution in [2.45, 2.75) is 130 Å². The standard InChI is InChI=1S/C84H86O6/c1-5-9-13-21-49-87-77-47-45-67(53-79(77)89-51-23-15-11-7-3)83-71-27-19-17-25-69(71)73-55-74-70-26-18-20-28-72(70)84(68-46-48-78(88-50-22-14-10-6-2)80(54-68)90-52-24-16-12-8-4)82(66-43-39-64(40-44-66)62-35-31-60(58-86)32-36-62)76(74)56-75(73)81(83)65-41-37-63(38-42-65)61-33-29-59(57-85)30-34-61/h17-20,25-48,53-58H,5-16,21-24,49-52H2,1-4H3. The van der Waals surface area contributed by atoms with Gasteiger partial charge in [-0.2, -0.15) is 0 Å². The number of carbonyl (C=O) groups excluding carboxylic acids is 2. The lowest BCUT2D eigenvalue weighted by molar-refractivity contribution is 0.111. The predicted molar refractivity (Wildman–Crippen MR) is 378 cm³/mol. The van der Waals surface area contributed by atoms with E-state index in [-0.39, 0.29) is 0 Å². The Kier molecular flexibility index (Phi) is 21.5. The summed E-state index contributed by atoms with van der Waals surface area (Å²) < 4.78 is 26.9. The molecule has 0 bridgehead atoms. The molecule has 458 valence electrons. The number of fused-ring (bicyclic) bond motifs is 6. The molecule has 0 N–H and O–H groups in total. The van der Waals surface area contributed by atoms with Gasteiger partial charge in [0.2, 0.25) is 0 Å². The number of hydrogen-bond acceptors (Lipinski definition) is 6. The molecule has 0 amide bonds. The fraction of sp³-hybridized carbons (Fsp3) is 0.286. The quantitative estimate of drug-likeness (QED) is 0.0181. The molecule has 0 aliphatic rings. The number of hydrogen-bond donors (Lipinski definition) is 0. The van der Waals surface area contributed by atoms with Crippen molar-refractivity contribution >= 4 is 55.7 Å². The maximum atomic E-state index is 11.7. The smallest absolute Gasteiger partial charge is 0.161 e. The molecule has 0 spiro atoms. The van der Waals surface area contributed by atoms with E-state index in [4.69, 9.17) is 18.9 Å². The SMILES string of the molecule is CCCCCCOc1ccc(-c2c(-c3ccc(-c4ccc(C=O)cc4)cc3)c3cc4c(-c5ccc(-c6ccc(C=O)cc6)cc5)c(-c5ccc(OCCCCCC)c(OCCCCCC)c5)c5ccccc5c4cc3c3ccccc23)cc1OCCCCCC. The summed E-state index contributed by atoms with van der Waals surface area (Å²) in [5.74, 6) is 3.08. The highest BCUT2D eigenvalue weighted by Gasteiger charge is 2.25. The average molecular weight is 1190 g/mol. The van der Waals surface area contributed by atoms with Crippen LogP contribution in [0.4, 0.5) is 0 Å². The van der Waals surface area contributed by atoms with Gasteiger partial charge in [-0.3, -0.25) is 9.59 Å². The molecule has 0 aliphatic carbocycles. The lowest BCUT2D eigenvalue weighted by Crippen LogP contribution is -2.03. The first-order chi connectivity index (χ1) is 44.4. The molecule has 0 saturated carbocycles. The first-order valence-corrected chi connectivity index (χ1v) is 33.4. The lowest BCUT2D eigenvalue weighted by atomic mass is 9.80. The van der Waals surface area contributed by atoms with Gasteiger partial charge >= 0.3 is 0 Å². The zero-order valence-corrected chi connectivity index (χ0v) is 53.2. The molecule has 0 aromatic heterocycles. The summed E-state index contributed by atoms with van der Waals surface area (Å²) in [5.41, 5.74) is 14.2. The van der Waals surface area contributed by atoms with Crippen molar-refractivity contribution in [1.82, 2.24) is 0 Å². The summed E-state index contributed by atoms with van der Waals surface area (Å²) in [5, 5.41) is 9.15. The highest BCUT2D eigenvalue weighted by molar-refractivity contribution is 6.29. The van der Waals surface area contributed by atoms with E-state index in [1.807, 2.05) is 48.5 Å². The van der Waals surface area contributed by atoms with Crippen molar-refractivity contribution in [3.05, 3.63) is 205 Å². The van der Waals surface area contributed by atoms with E-state index < -0.39 is 0 Å². The second kappa shape index (κ2) is 31.0.